The van der Waals surface area contributed by atoms with E-state index >= 15 is 0 Å². The molecule has 4 nitrogen and oxygen atoms in total. The Morgan fingerprint density at radius 1 is 1.35 bits per heavy atom. The molecular formula is C16H21N3O. The minimum absolute atomic E-state index is 0.000278. The zero-order valence-corrected chi connectivity index (χ0v) is 12.3. The van der Waals surface area contributed by atoms with Crippen LogP contribution in [0.1, 0.15) is 28.0 Å². The van der Waals surface area contributed by atoms with E-state index < -0.39 is 0 Å². The first-order valence-electron chi connectivity index (χ1n) is 7.13. The van der Waals surface area contributed by atoms with Crippen LogP contribution in [0.4, 0.5) is 0 Å². The summed E-state index contributed by atoms with van der Waals surface area (Å²) in [6, 6.07) is 6.41. The minimum atomic E-state index is 0.000278. The molecule has 1 amide bonds. The number of benzene rings is 1. The fourth-order valence-electron chi connectivity index (χ4n) is 2.94. The van der Waals surface area contributed by atoms with Gasteiger partial charge in [0, 0.05) is 23.5 Å². The van der Waals surface area contributed by atoms with Gasteiger partial charge in [0.05, 0.1) is 0 Å². The largest absolute Gasteiger partial charge is 0.350 e. The summed E-state index contributed by atoms with van der Waals surface area (Å²) in [7, 11) is 2.09. The van der Waals surface area contributed by atoms with E-state index in [1.165, 1.54) is 11.1 Å². The molecule has 2 aromatic rings. The van der Waals surface area contributed by atoms with Gasteiger partial charge in [0.25, 0.3) is 5.91 Å². The Balaban J connectivity index is 1.85. The van der Waals surface area contributed by atoms with Crippen LogP contribution in [0.2, 0.25) is 0 Å². The molecule has 0 spiro atoms. The van der Waals surface area contributed by atoms with Gasteiger partial charge in [-0.3, -0.25) is 4.79 Å². The summed E-state index contributed by atoms with van der Waals surface area (Å²) in [4.78, 5) is 17.8. The molecule has 0 saturated carbocycles. The highest BCUT2D eigenvalue weighted by Crippen LogP contribution is 2.23. The van der Waals surface area contributed by atoms with Crippen LogP contribution in [0.3, 0.4) is 0 Å². The number of rotatable bonds is 2. The van der Waals surface area contributed by atoms with Gasteiger partial charge in [0.2, 0.25) is 0 Å². The molecule has 1 aromatic heterocycles. The molecule has 1 aliphatic rings. The van der Waals surface area contributed by atoms with Crippen LogP contribution in [-0.2, 0) is 0 Å². The van der Waals surface area contributed by atoms with E-state index in [9.17, 15) is 4.79 Å². The summed E-state index contributed by atoms with van der Waals surface area (Å²) in [5.41, 5.74) is 4.09. The summed E-state index contributed by atoms with van der Waals surface area (Å²) in [6.45, 7) is 6.12. The molecule has 1 saturated heterocycles. The molecule has 2 heterocycles. The number of H-pyrrole nitrogens is 1. The number of carbonyl (C=O) groups excluding carboxylic acids is 1. The van der Waals surface area contributed by atoms with Crippen LogP contribution in [0.15, 0.2) is 18.2 Å². The van der Waals surface area contributed by atoms with Crippen molar-refractivity contribution in [1.82, 2.24) is 15.2 Å². The Hall–Kier alpha value is -1.81. The average molecular weight is 271 g/mol. The lowest BCUT2D eigenvalue weighted by Gasteiger charge is -2.11. The number of amides is 1. The number of likely N-dealkylation sites (N-methyl/N-ethyl adjacent to an activating group) is 1. The Labute approximate surface area is 119 Å². The van der Waals surface area contributed by atoms with Crippen LogP contribution >= 0.6 is 0 Å². The predicted octanol–water partition coefficient (Wildman–Crippen LogP) is 2.22. The summed E-state index contributed by atoms with van der Waals surface area (Å²) >= 11 is 0. The lowest BCUT2D eigenvalue weighted by atomic mass is 10.1. The van der Waals surface area contributed by atoms with E-state index in [-0.39, 0.29) is 11.9 Å². The van der Waals surface area contributed by atoms with Gasteiger partial charge < -0.3 is 15.2 Å². The third kappa shape index (κ3) is 2.31. The Kier molecular flexibility index (Phi) is 3.26. The second-order valence-electron chi connectivity index (χ2n) is 5.89. The molecule has 20 heavy (non-hydrogen) atoms. The zero-order valence-electron chi connectivity index (χ0n) is 12.3. The summed E-state index contributed by atoms with van der Waals surface area (Å²) in [5, 5.41) is 4.25. The van der Waals surface area contributed by atoms with Gasteiger partial charge in [-0.25, -0.2) is 0 Å². The summed E-state index contributed by atoms with van der Waals surface area (Å²) in [5.74, 6) is 0.000278. The fourth-order valence-corrected chi connectivity index (χ4v) is 2.94. The molecule has 1 fully saturated rings. The van der Waals surface area contributed by atoms with E-state index in [0.717, 1.165) is 30.4 Å². The number of nitrogens with one attached hydrogen (secondary N) is 2. The molecule has 4 heteroatoms. The molecule has 1 atom stereocenters. The minimum Gasteiger partial charge on any atom is -0.350 e. The van der Waals surface area contributed by atoms with Crippen LogP contribution < -0.4 is 5.32 Å². The van der Waals surface area contributed by atoms with Gasteiger partial charge in [0.1, 0.15) is 5.69 Å². The third-order valence-corrected chi connectivity index (χ3v) is 4.19. The average Bonchev–Trinajstić information content (AvgIpc) is 3.01. The molecule has 0 radical (unpaired) electrons. The zero-order chi connectivity index (χ0) is 14.3. The van der Waals surface area contributed by atoms with Crippen molar-refractivity contribution in [2.24, 2.45) is 0 Å². The van der Waals surface area contributed by atoms with Gasteiger partial charge in [0.15, 0.2) is 0 Å². The summed E-state index contributed by atoms with van der Waals surface area (Å²) < 4.78 is 0. The monoisotopic (exact) mass is 271 g/mol. The van der Waals surface area contributed by atoms with E-state index in [1.54, 1.807) is 0 Å². The van der Waals surface area contributed by atoms with Gasteiger partial charge in [-0.05, 0) is 51.1 Å². The number of fused-ring (bicyclic) bond motifs is 1. The van der Waals surface area contributed by atoms with Gasteiger partial charge >= 0.3 is 0 Å². The molecular weight excluding hydrogens is 250 g/mol. The first-order valence-corrected chi connectivity index (χ1v) is 7.13. The van der Waals surface area contributed by atoms with Gasteiger partial charge in [-0.15, -0.1) is 0 Å². The standard InChI is InChI=1S/C16H21N3O/c1-10-4-5-11(2)15-13(10)8-14(18-15)16(20)17-12-6-7-19(3)9-12/h4-5,8,12,18H,6-7,9H2,1-3H3,(H,17,20)/t12-/m1/s1. The van der Waals surface area contributed by atoms with Gasteiger partial charge in [-0.1, -0.05) is 12.1 Å². The fraction of sp³-hybridized carbons (Fsp3) is 0.438. The topological polar surface area (TPSA) is 48.1 Å². The second kappa shape index (κ2) is 4.94. The van der Waals surface area contributed by atoms with Crippen molar-refractivity contribution in [2.75, 3.05) is 20.1 Å². The normalized spacial score (nSPS) is 19.6. The Morgan fingerprint density at radius 3 is 2.75 bits per heavy atom. The van der Waals surface area contributed by atoms with Gasteiger partial charge in [-0.2, -0.15) is 0 Å². The SMILES string of the molecule is Cc1ccc(C)c2[nH]c(C(=O)N[C@@H]3CCN(C)C3)cc12. The number of aromatic nitrogens is 1. The van der Waals surface area contributed by atoms with Crippen LogP contribution in [-0.4, -0.2) is 42.0 Å². The molecule has 2 N–H and O–H groups in total. The Bertz CT molecular complexity index is 620. The maximum absolute atomic E-state index is 12.3. The van der Waals surface area contributed by atoms with Crippen molar-refractivity contribution in [3.63, 3.8) is 0 Å². The summed E-state index contributed by atoms with van der Waals surface area (Å²) in [6.07, 6.45) is 1.03. The molecule has 0 bridgehead atoms. The number of nitrogens with zero attached hydrogens (tertiary/aromatic N) is 1. The molecule has 0 aliphatic carbocycles. The highest BCUT2D eigenvalue weighted by atomic mass is 16.1. The smallest absolute Gasteiger partial charge is 0.267 e. The molecule has 1 aromatic carbocycles. The van der Waals surface area contributed by atoms with Crippen molar-refractivity contribution in [1.29, 1.82) is 0 Å². The number of likely N-dealkylation sites (tertiary alicyclic amines) is 1. The van der Waals surface area contributed by atoms with Crippen molar-refractivity contribution >= 4 is 16.8 Å². The van der Waals surface area contributed by atoms with Crippen LogP contribution in [0.25, 0.3) is 10.9 Å². The van der Waals surface area contributed by atoms with Crippen molar-refractivity contribution in [3.8, 4) is 0 Å². The first kappa shape index (κ1) is 13.2. The molecule has 0 unspecified atom stereocenters. The highest BCUT2D eigenvalue weighted by molar-refractivity contribution is 5.99. The number of carbonyl (C=O) groups is 1. The molecule has 1 aliphatic heterocycles. The lowest BCUT2D eigenvalue weighted by molar-refractivity contribution is 0.0934. The van der Waals surface area contributed by atoms with E-state index in [4.69, 9.17) is 0 Å². The Morgan fingerprint density at radius 2 is 2.10 bits per heavy atom. The van der Waals surface area contributed by atoms with Crippen LogP contribution in [0.5, 0.6) is 0 Å². The molecule has 106 valence electrons. The maximum atomic E-state index is 12.3. The van der Waals surface area contributed by atoms with E-state index in [1.807, 2.05) is 6.07 Å². The lowest BCUT2D eigenvalue weighted by Crippen LogP contribution is -2.36. The quantitative estimate of drug-likeness (QED) is 0.880. The number of aromatic amines is 1. The number of aryl methyl sites for hydroxylation is 2. The van der Waals surface area contributed by atoms with E-state index in [2.05, 4.69) is 48.2 Å². The molecule has 3 rings (SSSR count). The predicted molar refractivity (Wildman–Crippen MR) is 81.1 cm³/mol. The second-order valence-corrected chi connectivity index (χ2v) is 5.89. The highest BCUT2D eigenvalue weighted by Gasteiger charge is 2.22. The van der Waals surface area contributed by atoms with Crippen molar-refractivity contribution < 1.29 is 4.79 Å². The maximum Gasteiger partial charge on any atom is 0.267 e. The van der Waals surface area contributed by atoms with E-state index in [0.29, 0.717) is 5.69 Å². The third-order valence-electron chi connectivity index (χ3n) is 4.19. The van der Waals surface area contributed by atoms with Crippen molar-refractivity contribution in [2.45, 2.75) is 26.3 Å². The number of hydrogen-bond donors (Lipinski definition) is 2. The van der Waals surface area contributed by atoms with Crippen molar-refractivity contribution in [3.05, 3.63) is 35.0 Å². The number of hydrogen-bond acceptors (Lipinski definition) is 2. The first-order chi connectivity index (χ1) is 9.54. The van der Waals surface area contributed by atoms with Crippen LogP contribution in [0, 0.1) is 13.8 Å².